The molecular formula is C18H17Cl2NO5S. The largest absolute Gasteiger partial charge is 0.469 e. The predicted molar refractivity (Wildman–Crippen MR) is 102 cm³/mol. The normalized spacial score (nSPS) is 12.3. The molecule has 0 saturated heterocycles. The number of nitrogens with one attached hydrogen (secondary N) is 1. The highest BCUT2D eigenvalue weighted by Gasteiger charge is 2.25. The van der Waals surface area contributed by atoms with Gasteiger partial charge in [-0.15, -0.1) is 0 Å². The lowest BCUT2D eigenvalue weighted by atomic mass is 10.0. The maximum Gasteiger partial charge on any atom is 0.307 e. The quantitative estimate of drug-likeness (QED) is 0.682. The van der Waals surface area contributed by atoms with Crippen LogP contribution in [0, 0.1) is 0 Å². The topological polar surface area (TPSA) is 89.5 Å². The first kappa shape index (κ1) is 21.2. The van der Waals surface area contributed by atoms with Crippen LogP contribution in [0.3, 0.4) is 0 Å². The lowest BCUT2D eigenvalue weighted by Crippen LogP contribution is -2.35. The van der Waals surface area contributed by atoms with Crippen molar-refractivity contribution in [3.63, 3.8) is 0 Å². The molecule has 0 aliphatic carbocycles. The predicted octanol–water partition coefficient (Wildman–Crippen LogP) is 3.19. The second kappa shape index (κ2) is 9.21. The number of benzene rings is 2. The molecule has 144 valence electrons. The van der Waals surface area contributed by atoms with E-state index in [1.54, 1.807) is 24.3 Å². The highest BCUT2D eigenvalue weighted by atomic mass is 35.5. The van der Waals surface area contributed by atoms with E-state index in [-0.39, 0.29) is 11.3 Å². The minimum absolute atomic E-state index is 0.0238. The molecule has 0 saturated carbocycles. The summed E-state index contributed by atoms with van der Waals surface area (Å²) >= 11 is 11.9. The second-order valence-corrected chi connectivity index (χ2v) is 8.47. The fourth-order valence-corrected chi connectivity index (χ4v) is 3.92. The molecule has 1 unspecified atom stereocenters. The van der Waals surface area contributed by atoms with Crippen LogP contribution >= 0.6 is 23.2 Å². The van der Waals surface area contributed by atoms with Gasteiger partial charge >= 0.3 is 5.97 Å². The fourth-order valence-electron chi connectivity index (χ4n) is 2.38. The monoisotopic (exact) mass is 429 g/mol. The first-order valence-electron chi connectivity index (χ1n) is 7.82. The summed E-state index contributed by atoms with van der Waals surface area (Å²) in [6.45, 7) is 0. The molecule has 0 aliphatic heterocycles. The molecule has 1 atom stereocenters. The van der Waals surface area contributed by atoms with E-state index in [2.05, 4.69) is 10.1 Å². The number of halogens is 2. The highest BCUT2D eigenvalue weighted by Crippen LogP contribution is 2.25. The Morgan fingerprint density at radius 1 is 1.07 bits per heavy atom. The third-order valence-electron chi connectivity index (χ3n) is 3.71. The van der Waals surface area contributed by atoms with Crippen molar-refractivity contribution < 1.29 is 22.7 Å². The molecular weight excluding hydrogens is 413 g/mol. The lowest BCUT2D eigenvalue weighted by molar-refractivity contribution is -0.141. The molecule has 0 radical (unpaired) electrons. The van der Waals surface area contributed by atoms with Gasteiger partial charge in [0.1, 0.15) is 5.75 Å². The van der Waals surface area contributed by atoms with Crippen molar-refractivity contribution in [3.8, 4) is 0 Å². The molecule has 1 N–H and O–H groups in total. The van der Waals surface area contributed by atoms with Crippen LogP contribution in [0.4, 0.5) is 0 Å². The SMILES string of the molecule is COC(=O)CC(NC(=O)CS(=O)(=O)c1ccc(Cl)cc1)c1ccccc1Cl. The fraction of sp³-hybridized carbons (Fsp3) is 0.222. The Balaban J connectivity index is 2.19. The van der Waals surface area contributed by atoms with Crippen molar-refractivity contribution in [3.05, 3.63) is 64.1 Å². The number of amides is 1. The average Bonchev–Trinajstić information content (AvgIpc) is 2.61. The third kappa shape index (κ3) is 5.95. The molecule has 0 heterocycles. The van der Waals surface area contributed by atoms with Crippen LogP contribution in [0.1, 0.15) is 18.0 Å². The Bertz CT molecular complexity index is 929. The zero-order chi connectivity index (χ0) is 20.0. The van der Waals surface area contributed by atoms with Gasteiger partial charge in [0.15, 0.2) is 9.84 Å². The number of carbonyl (C=O) groups is 2. The first-order valence-corrected chi connectivity index (χ1v) is 10.2. The molecule has 0 aromatic heterocycles. The van der Waals surface area contributed by atoms with Gasteiger partial charge in [-0.2, -0.15) is 0 Å². The van der Waals surface area contributed by atoms with Gasteiger partial charge in [-0.25, -0.2) is 8.42 Å². The molecule has 0 aliphatic rings. The average molecular weight is 430 g/mol. The van der Waals surface area contributed by atoms with Gasteiger partial charge in [-0.05, 0) is 35.9 Å². The minimum Gasteiger partial charge on any atom is -0.469 e. The Labute approximate surface area is 167 Å². The van der Waals surface area contributed by atoms with Crippen LogP contribution < -0.4 is 5.32 Å². The maximum atomic E-state index is 12.4. The number of methoxy groups -OCH3 is 1. The molecule has 2 aromatic carbocycles. The van der Waals surface area contributed by atoms with Crippen molar-refractivity contribution >= 4 is 44.9 Å². The molecule has 1 amide bonds. The van der Waals surface area contributed by atoms with E-state index in [0.29, 0.717) is 15.6 Å². The second-order valence-electron chi connectivity index (χ2n) is 5.63. The summed E-state index contributed by atoms with van der Waals surface area (Å²) in [5.74, 6) is -2.11. The van der Waals surface area contributed by atoms with Crippen molar-refractivity contribution in [1.82, 2.24) is 5.32 Å². The number of hydrogen-bond acceptors (Lipinski definition) is 5. The molecule has 27 heavy (non-hydrogen) atoms. The molecule has 0 bridgehead atoms. The van der Waals surface area contributed by atoms with E-state index in [4.69, 9.17) is 23.2 Å². The van der Waals surface area contributed by atoms with E-state index in [0.717, 1.165) is 0 Å². The molecule has 2 rings (SSSR count). The minimum atomic E-state index is -3.87. The lowest BCUT2D eigenvalue weighted by Gasteiger charge is -2.19. The van der Waals surface area contributed by atoms with E-state index >= 15 is 0 Å². The summed E-state index contributed by atoms with van der Waals surface area (Å²) in [5.41, 5.74) is 0.488. The Morgan fingerprint density at radius 2 is 1.70 bits per heavy atom. The summed E-state index contributed by atoms with van der Waals surface area (Å²) < 4.78 is 29.4. The summed E-state index contributed by atoms with van der Waals surface area (Å²) in [7, 11) is -2.65. The standard InChI is InChI=1S/C18H17Cl2NO5S/c1-26-18(23)10-16(14-4-2-3-5-15(14)20)21-17(22)11-27(24,25)13-8-6-12(19)7-9-13/h2-9,16H,10-11H2,1H3,(H,21,22). The number of hydrogen-bond donors (Lipinski definition) is 1. The van der Waals surface area contributed by atoms with Crippen LogP contribution in [0.2, 0.25) is 10.0 Å². The van der Waals surface area contributed by atoms with Gasteiger partial charge in [0.2, 0.25) is 5.91 Å². The van der Waals surface area contributed by atoms with Crippen molar-refractivity contribution in [2.24, 2.45) is 0 Å². The van der Waals surface area contributed by atoms with Crippen LogP contribution in [0.5, 0.6) is 0 Å². The summed E-state index contributed by atoms with van der Waals surface area (Å²) in [6, 6.07) is 11.3. The summed E-state index contributed by atoms with van der Waals surface area (Å²) in [4.78, 5) is 24.0. The van der Waals surface area contributed by atoms with Crippen molar-refractivity contribution in [2.45, 2.75) is 17.4 Å². The van der Waals surface area contributed by atoms with E-state index in [1.165, 1.54) is 31.4 Å². The van der Waals surface area contributed by atoms with E-state index < -0.39 is 33.5 Å². The highest BCUT2D eigenvalue weighted by molar-refractivity contribution is 7.92. The van der Waals surface area contributed by atoms with Crippen molar-refractivity contribution in [1.29, 1.82) is 0 Å². The van der Waals surface area contributed by atoms with Crippen LogP contribution in [0.25, 0.3) is 0 Å². The number of ether oxygens (including phenoxy) is 1. The molecule has 6 nitrogen and oxygen atoms in total. The van der Waals surface area contributed by atoms with Gasteiger partial charge in [0.05, 0.1) is 24.5 Å². The molecule has 9 heteroatoms. The van der Waals surface area contributed by atoms with Crippen molar-refractivity contribution in [2.75, 3.05) is 12.9 Å². The zero-order valence-corrected chi connectivity index (χ0v) is 16.6. The number of esters is 1. The summed E-state index contributed by atoms with van der Waals surface area (Å²) in [6.07, 6.45) is -0.188. The number of sulfone groups is 1. The van der Waals surface area contributed by atoms with E-state index in [1.807, 2.05) is 0 Å². The number of carbonyl (C=O) groups excluding carboxylic acids is 2. The summed E-state index contributed by atoms with van der Waals surface area (Å²) in [5, 5.41) is 3.27. The Hall–Kier alpha value is -2.09. The van der Waals surface area contributed by atoms with Gasteiger partial charge in [0.25, 0.3) is 0 Å². The molecule has 0 fully saturated rings. The number of rotatable bonds is 7. The van der Waals surface area contributed by atoms with Gasteiger partial charge in [0, 0.05) is 10.0 Å². The van der Waals surface area contributed by atoms with Gasteiger partial charge < -0.3 is 10.1 Å². The first-order chi connectivity index (χ1) is 12.7. The Kier molecular flexibility index (Phi) is 7.24. The van der Waals surface area contributed by atoms with Crippen LogP contribution in [-0.4, -0.2) is 33.2 Å². The van der Waals surface area contributed by atoms with Crippen LogP contribution in [0.15, 0.2) is 53.4 Å². The molecule has 2 aromatic rings. The smallest absolute Gasteiger partial charge is 0.307 e. The van der Waals surface area contributed by atoms with Crippen LogP contribution in [-0.2, 0) is 24.2 Å². The maximum absolute atomic E-state index is 12.4. The van der Waals surface area contributed by atoms with Gasteiger partial charge in [-0.3, -0.25) is 9.59 Å². The van der Waals surface area contributed by atoms with E-state index in [9.17, 15) is 18.0 Å². The van der Waals surface area contributed by atoms with Gasteiger partial charge in [-0.1, -0.05) is 41.4 Å². The third-order valence-corrected chi connectivity index (χ3v) is 5.94. The zero-order valence-electron chi connectivity index (χ0n) is 14.3. The Morgan fingerprint density at radius 3 is 2.30 bits per heavy atom. The molecule has 0 spiro atoms.